The largest absolute Gasteiger partial charge is 0.382 e. The van der Waals surface area contributed by atoms with Crippen LogP contribution in [0.15, 0.2) is 18.2 Å². The van der Waals surface area contributed by atoms with E-state index in [0.717, 1.165) is 30.8 Å². The highest BCUT2D eigenvalue weighted by Gasteiger charge is 2.13. The van der Waals surface area contributed by atoms with Gasteiger partial charge >= 0.3 is 0 Å². The molecule has 1 heterocycles. The lowest BCUT2D eigenvalue weighted by Crippen LogP contribution is -2.30. The third-order valence-electron chi connectivity index (χ3n) is 2.86. The van der Waals surface area contributed by atoms with E-state index in [1.165, 1.54) is 0 Å². The Balaban J connectivity index is 1.95. The molecule has 2 rings (SSSR count). The van der Waals surface area contributed by atoms with Crippen LogP contribution in [0.25, 0.3) is 0 Å². The SMILES string of the molecule is Cc1ccc(C#N)cc1NCC1CCOCO1. The molecule has 0 saturated carbocycles. The van der Waals surface area contributed by atoms with E-state index >= 15 is 0 Å². The minimum Gasteiger partial charge on any atom is -0.382 e. The van der Waals surface area contributed by atoms with Gasteiger partial charge in [0.15, 0.2) is 0 Å². The van der Waals surface area contributed by atoms with Crippen molar-refractivity contribution >= 4 is 5.69 Å². The summed E-state index contributed by atoms with van der Waals surface area (Å²) in [6, 6.07) is 7.79. The summed E-state index contributed by atoms with van der Waals surface area (Å²) in [5.74, 6) is 0. The fourth-order valence-electron chi connectivity index (χ4n) is 1.77. The number of benzene rings is 1. The first-order chi connectivity index (χ1) is 8.29. The highest BCUT2D eigenvalue weighted by atomic mass is 16.7. The smallest absolute Gasteiger partial charge is 0.147 e. The molecule has 0 radical (unpaired) electrons. The molecule has 1 unspecified atom stereocenters. The van der Waals surface area contributed by atoms with Crippen LogP contribution in [0.1, 0.15) is 17.5 Å². The number of aryl methyl sites for hydroxylation is 1. The van der Waals surface area contributed by atoms with Gasteiger partial charge in [-0.3, -0.25) is 0 Å². The fraction of sp³-hybridized carbons (Fsp3) is 0.462. The van der Waals surface area contributed by atoms with E-state index in [-0.39, 0.29) is 6.10 Å². The Morgan fingerprint density at radius 2 is 2.41 bits per heavy atom. The monoisotopic (exact) mass is 232 g/mol. The van der Waals surface area contributed by atoms with E-state index in [1.54, 1.807) is 0 Å². The van der Waals surface area contributed by atoms with Gasteiger partial charge < -0.3 is 14.8 Å². The van der Waals surface area contributed by atoms with Crippen molar-refractivity contribution in [2.45, 2.75) is 19.4 Å². The normalized spacial score (nSPS) is 19.6. The zero-order valence-corrected chi connectivity index (χ0v) is 9.90. The van der Waals surface area contributed by atoms with Gasteiger partial charge in [0.1, 0.15) is 6.79 Å². The van der Waals surface area contributed by atoms with Gasteiger partial charge in [0.05, 0.1) is 24.3 Å². The molecule has 1 atom stereocenters. The second-order valence-corrected chi connectivity index (χ2v) is 4.13. The molecule has 1 aromatic rings. The third kappa shape index (κ3) is 3.19. The molecule has 0 aliphatic carbocycles. The number of nitriles is 1. The molecule has 0 amide bonds. The molecule has 90 valence electrons. The molecule has 1 aliphatic heterocycles. The molecular formula is C13H16N2O2. The Hall–Kier alpha value is -1.57. The number of hydrogen-bond donors (Lipinski definition) is 1. The van der Waals surface area contributed by atoms with Crippen LogP contribution in [0, 0.1) is 18.3 Å². The molecule has 0 aromatic heterocycles. The van der Waals surface area contributed by atoms with Gasteiger partial charge in [0.2, 0.25) is 0 Å². The van der Waals surface area contributed by atoms with Crippen molar-refractivity contribution in [3.8, 4) is 6.07 Å². The molecule has 1 fully saturated rings. The Kier molecular flexibility index (Phi) is 3.97. The third-order valence-corrected chi connectivity index (χ3v) is 2.86. The lowest BCUT2D eigenvalue weighted by Gasteiger charge is -2.23. The summed E-state index contributed by atoms with van der Waals surface area (Å²) < 4.78 is 10.6. The van der Waals surface area contributed by atoms with Crippen molar-refractivity contribution in [3.63, 3.8) is 0 Å². The Morgan fingerprint density at radius 1 is 1.53 bits per heavy atom. The second-order valence-electron chi connectivity index (χ2n) is 4.13. The molecule has 17 heavy (non-hydrogen) atoms. The molecule has 1 aromatic carbocycles. The Bertz CT molecular complexity index is 420. The lowest BCUT2D eigenvalue weighted by atomic mass is 10.1. The first-order valence-corrected chi connectivity index (χ1v) is 5.73. The molecule has 4 heteroatoms. The van der Waals surface area contributed by atoms with E-state index in [2.05, 4.69) is 11.4 Å². The maximum Gasteiger partial charge on any atom is 0.147 e. The average Bonchev–Trinajstić information content (AvgIpc) is 2.39. The van der Waals surface area contributed by atoms with E-state index in [0.29, 0.717) is 12.4 Å². The van der Waals surface area contributed by atoms with Crippen LogP contribution in [0.3, 0.4) is 0 Å². The van der Waals surface area contributed by atoms with Crippen LogP contribution in [-0.2, 0) is 9.47 Å². The van der Waals surface area contributed by atoms with Crippen molar-refractivity contribution in [3.05, 3.63) is 29.3 Å². The van der Waals surface area contributed by atoms with Crippen LogP contribution in [0.4, 0.5) is 5.69 Å². The molecule has 4 nitrogen and oxygen atoms in total. The summed E-state index contributed by atoms with van der Waals surface area (Å²) in [6.45, 7) is 3.90. The second kappa shape index (κ2) is 5.67. The van der Waals surface area contributed by atoms with Gasteiger partial charge in [-0.05, 0) is 31.0 Å². The predicted octanol–water partition coefficient (Wildman–Crippen LogP) is 2.04. The standard InChI is InChI=1S/C13H16N2O2/c1-10-2-3-11(7-14)6-13(10)15-8-12-4-5-16-9-17-12/h2-3,6,12,15H,4-5,8-9H2,1H3. The summed E-state index contributed by atoms with van der Waals surface area (Å²) in [5.41, 5.74) is 2.81. The molecular weight excluding hydrogens is 216 g/mol. The predicted molar refractivity (Wildman–Crippen MR) is 64.7 cm³/mol. The minimum absolute atomic E-state index is 0.189. The van der Waals surface area contributed by atoms with Crippen molar-refractivity contribution < 1.29 is 9.47 Å². The van der Waals surface area contributed by atoms with Gasteiger partial charge in [-0.1, -0.05) is 6.07 Å². The summed E-state index contributed by atoms with van der Waals surface area (Å²) in [7, 11) is 0. The number of rotatable bonds is 3. The lowest BCUT2D eigenvalue weighted by molar-refractivity contribution is -0.133. The molecule has 0 spiro atoms. The summed E-state index contributed by atoms with van der Waals surface area (Å²) in [4.78, 5) is 0. The highest BCUT2D eigenvalue weighted by molar-refractivity contribution is 5.55. The topological polar surface area (TPSA) is 54.3 Å². The van der Waals surface area contributed by atoms with Crippen LogP contribution in [0.5, 0.6) is 0 Å². The molecule has 1 aliphatic rings. The summed E-state index contributed by atoms with van der Waals surface area (Å²) in [5, 5.41) is 12.2. The maximum absolute atomic E-state index is 8.85. The van der Waals surface area contributed by atoms with Gasteiger partial charge in [-0.2, -0.15) is 5.26 Å². The van der Waals surface area contributed by atoms with Gasteiger partial charge in [-0.25, -0.2) is 0 Å². The Labute approximate surface area is 101 Å². The fourth-order valence-corrected chi connectivity index (χ4v) is 1.77. The van der Waals surface area contributed by atoms with Crippen molar-refractivity contribution in [1.29, 1.82) is 5.26 Å². The maximum atomic E-state index is 8.85. The van der Waals surface area contributed by atoms with Crippen molar-refractivity contribution in [2.24, 2.45) is 0 Å². The number of ether oxygens (including phenoxy) is 2. The van der Waals surface area contributed by atoms with Gasteiger partial charge in [0, 0.05) is 12.2 Å². The van der Waals surface area contributed by atoms with E-state index < -0.39 is 0 Å². The number of nitrogens with zero attached hydrogens (tertiary/aromatic N) is 1. The van der Waals surface area contributed by atoms with Crippen LogP contribution >= 0.6 is 0 Å². The van der Waals surface area contributed by atoms with E-state index in [4.69, 9.17) is 14.7 Å². The van der Waals surface area contributed by atoms with Gasteiger partial charge in [-0.15, -0.1) is 0 Å². The molecule has 0 bridgehead atoms. The highest BCUT2D eigenvalue weighted by Crippen LogP contribution is 2.17. The number of hydrogen-bond acceptors (Lipinski definition) is 4. The van der Waals surface area contributed by atoms with E-state index in [9.17, 15) is 0 Å². The summed E-state index contributed by atoms with van der Waals surface area (Å²) >= 11 is 0. The van der Waals surface area contributed by atoms with Gasteiger partial charge in [0.25, 0.3) is 0 Å². The van der Waals surface area contributed by atoms with Crippen LogP contribution < -0.4 is 5.32 Å². The first kappa shape index (κ1) is 11.9. The molecule has 1 N–H and O–H groups in total. The van der Waals surface area contributed by atoms with Crippen LogP contribution in [0.2, 0.25) is 0 Å². The van der Waals surface area contributed by atoms with Crippen molar-refractivity contribution in [2.75, 3.05) is 25.3 Å². The minimum atomic E-state index is 0.189. The van der Waals surface area contributed by atoms with E-state index in [1.807, 2.05) is 25.1 Å². The zero-order valence-electron chi connectivity index (χ0n) is 9.90. The van der Waals surface area contributed by atoms with Crippen LogP contribution in [-0.4, -0.2) is 26.0 Å². The zero-order chi connectivity index (χ0) is 12.1. The number of anilines is 1. The quantitative estimate of drug-likeness (QED) is 0.866. The number of nitrogens with one attached hydrogen (secondary N) is 1. The van der Waals surface area contributed by atoms with Crippen molar-refractivity contribution in [1.82, 2.24) is 0 Å². The average molecular weight is 232 g/mol. The summed E-state index contributed by atoms with van der Waals surface area (Å²) in [6.07, 6.45) is 1.10. The molecule has 1 saturated heterocycles. The first-order valence-electron chi connectivity index (χ1n) is 5.73. The Morgan fingerprint density at radius 3 is 3.12 bits per heavy atom.